The summed E-state index contributed by atoms with van der Waals surface area (Å²) >= 11 is 0. The van der Waals surface area contributed by atoms with Crippen molar-refractivity contribution < 1.29 is 18.7 Å². The lowest BCUT2D eigenvalue weighted by Gasteiger charge is -2.20. The molecular formula is C19H20FN5O3. The number of rotatable bonds is 4. The van der Waals surface area contributed by atoms with Crippen LogP contribution in [0.25, 0.3) is 0 Å². The van der Waals surface area contributed by atoms with Crippen LogP contribution in [0.15, 0.2) is 24.4 Å². The van der Waals surface area contributed by atoms with Crippen LogP contribution in [-0.2, 0) is 22.6 Å². The fraction of sp³-hybridized carbons (Fsp3) is 0.368. The molecule has 0 spiro atoms. The van der Waals surface area contributed by atoms with Gasteiger partial charge in [-0.1, -0.05) is 0 Å². The summed E-state index contributed by atoms with van der Waals surface area (Å²) in [6, 6.07) is 4.68. The van der Waals surface area contributed by atoms with Crippen molar-refractivity contribution in [3.8, 4) is 0 Å². The first-order valence-electron chi connectivity index (χ1n) is 8.99. The van der Waals surface area contributed by atoms with E-state index in [1.807, 2.05) is 11.8 Å². The first kappa shape index (κ1) is 18.1. The van der Waals surface area contributed by atoms with Gasteiger partial charge >= 0.3 is 6.09 Å². The van der Waals surface area contributed by atoms with Crippen molar-refractivity contribution in [1.82, 2.24) is 15.3 Å². The predicted molar refractivity (Wildman–Crippen MR) is 99.4 cm³/mol. The molecule has 0 bridgehead atoms. The molecule has 1 N–H and O–H groups in total. The van der Waals surface area contributed by atoms with Crippen molar-refractivity contribution in [3.05, 3.63) is 47.3 Å². The average Bonchev–Trinajstić information content (AvgIpc) is 3.22. The van der Waals surface area contributed by atoms with Crippen molar-refractivity contribution in [1.29, 1.82) is 0 Å². The molecule has 4 rings (SSSR count). The Labute approximate surface area is 161 Å². The number of carbonyl (C=O) groups is 2. The second-order valence-electron chi connectivity index (χ2n) is 6.93. The zero-order valence-corrected chi connectivity index (χ0v) is 15.6. The Hall–Kier alpha value is -3.23. The van der Waals surface area contributed by atoms with E-state index >= 15 is 0 Å². The van der Waals surface area contributed by atoms with Crippen molar-refractivity contribution in [3.63, 3.8) is 0 Å². The fourth-order valence-corrected chi connectivity index (χ4v) is 3.44. The molecule has 1 aromatic heterocycles. The van der Waals surface area contributed by atoms with Gasteiger partial charge in [0.1, 0.15) is 17.7 Å². The first-order valence-corrected chi connectivity index (χ1v) is 8.99. The number of benzene rings is 1. The molecule has 1 saturated heterocycles. The third-order valence-electron chi connectivity index (χ3n) is 4.81. The second-order valence-corrected chi connectivity index (χ2v) is 6.93. The maximum atomic E-state index is 14.8. The van der Waals surface area contributed by atoms with Gasteiger partial charge in [-0.05, 0) is 25.1 Å². The van der Waals surface area contributed by atoms with E-state index in [0.717, 1.165) is 11.3 Å². The Kier molecular flexibility index (Phi) is 4.58. The Balaban J connectivity index is 1.48. The molecule has 1 fully saturated rings. The topological polar surface area (TPSA) is 87.7 Å². The number of amides is 2. The van der Waals surface area contributed by atoms with Crippen molar-refractivity contribution in [2.45, 2.75) is 33.0 Å². The minimum Gasteiger partial charge on any atom is -0.442 e. The Morgan fingerprint density at radius 3 is 2.96 bits per heavy atom. The van der Waals surface area contributed by atoms with E-state index < -0.39 is 18.0 Å². The third-order valence-corrected chi connectivity index (χ3v) is 4.81. The average molecular weight is 385 g/mol. The summed E-state index contributed by atoms with van der Waals surface area (Å²) in [5.74, 6) is 0.0715. The van der Waals surface area contributed by atoms with Gasteiger partial charge in [-0.2, -0.15) is 0 Å². The van der Waals surface area contributed by atoms with Crippen LogP contribution < -0.4 is 15.1 Å². The molecule has 1 atom stereocenters. The summed E-state index contributed by atoms with van der Waals surface area (Å²) in [7, 11) is 0. The highest BCUT2D eigenvalue weighted by Gasteiger charge is 2.33. The van der Waals surface area contributed by atoms with E-state index in [1.165, 1.54) is 17.9 Å². The molecule has 0 radical (unpaired) electrons. The number of nitrogens with zero attached hydrogens (tertiary/aromatic N) is 4. The monoisotopic (exact) mass is 385 g/mol. The summed E-state index contributed by atoms with van der Waals surface area (Å²) < 4.78 is 20.0. The lowest BCUT2D eigenvalue weighted by molar-refractivity contribution is -0.119. The molecule has 2 aliphatic heterocycles. The summed E-state index contributed by atoms with van der Waals surface area (Å²) in [6.45, 7) is 4.75. The van der Waals surface area contributed by atoms with Crippen molar-refractivity contribution in [2.24, 2.45) is 0 Å². The van der Waals surface area contributed by atoms with Gasteiger partial charge in [0.05, 0.1) is 36.7 Å². The van der Waals surface area contributed by atoms with E-state index in [2.05, 4.69) is 15.3 Å². The molecule has 28 heavy (non-hydrogen) atoms. The predicted octanol–water partition coefficient (Wildman–Crippen LogP) is 1.91. The Bertz CT molecular complexity index is 951. The lowest BCUT2D eigenvalue weighted by atomic mass is 10.2. The quantitative estimate of drug-likeness (QED) is 0.865. The number of cyclic esters (lactones) is 1. The number of carbonyl (C=O) groups excluding carboxylic acids is 2. The molecular weight excluding hydrogens is 365 g/mol. The summed E-state index contributed by atoms with van der Waals surface area (Å²) in [4.78, 5) is 35.0. The van der Waals surface area contributed by atoms with Crippen LogP contribution in [0.2, 0.25) is 0 Å². The van der Waals surface area contributed by atoms with Crippen LogP contribution in [0, 0.1) is 12.7 Å². The Morgan fingerprint density at radius 2 is 2.21 bits per heavy atom. The van der Waals surface area contributed by atoms with E-state index in [0.29, 0.717) is 30.3 Å². The maximum absolute atomic E-state index is 14.8. The lowest BCUT2D eigenvalue weighted by Crippen LogP contribution is -2.33. The fourth-order valence-electron chi connectivity index (χ4n) is 3.44. The summed E-state index contributed by atoms with van der Waals surface area (Å²) in [6.07, 6.45) is 0.759. The smallest absolute Gasteiger partial charge is 0.414 e. The second kappa shape index (κ2) is 7.06. The Morgan fingerprint density at radius 1 is 1.39 bits per heavy atom. The number of anilines is 2. The van der Waals surface area contributed by atoms with Gasteiger partial charge in [0.2, 0.25) is 5.91 Å². The SMILES string of the molecule is CC(=O)NC[C@H]1CN(c2ccc(N3Cc4cnc(C)nc4C3)c(F)c2)C(=O)O1. The zero-order valence-electron chi connectivity index (χ0n) is 15.6. The van der Waals surface area contributed by atoms with E-state index in [4.69, 9.17) is 4.74 Å². The van der Waals surface area contributed by atoms with Gasteiger partial charge < -0.3 is 15.0 Å². The molecule has 8 nitrogen and oxygen atoms in total. The highest BCUT2D eigenvalue weighted by molar-refractivity contribution is 5.90. The highest BCUT2D eigenvalue weighted by atomic mass is 19.1. The van der Waals surface area contributed by atoms with Gasteiger partial charge in [0.25, 0.3) is 0 Å². The van der Waals surface area contributed by atoms with Gasteiger partial charge in [-0.15, -0.1) is 0 Å². The molecule has 9 heteroatoms. The van der Waals surface area contributed by atoms with E-state index in [9.17, 15) is 14.0 Å². The van der Waals surface area contributed by atoms with Crippen LogP contribution in [0.1, 0.15) is 24.0 Å². The number of aryl methyl sites for hydroxylation is 1. The summed E-state index contributed by atoms with van der Waals surface area (Å²) in [5.41, 5.74) is 2.75. The number of hydrogen-bond acceptors (Lipinski definition) is 6. The molecule has 146 valence electrons. The van der Waals surface area contributed by atoms with Crippen LogP contribution in [0.5, 0.6) is 0 Å². The first-order chi connectivity index (χ1) is 13.4. The number of hydrogen-bond donors (Lipinski definition) is 1. The number of aromatic nitrogens is 2. The third kappa shape index (κ3) is 3.47. The van der Waals surface area contributed by atoms with Gasteiger partial charge in [0.15, 0.2) is 0 Å². The van der Waals surface area contributed by atoms with Crippen LogP contribution in [-0.4, -0.2) is 41.2 Å². The van der Waals surface area contributed by atoms with Crippen molar-refractivity contribution >= 4 is 23.4 Å². The molecule has 1 aromatic carbocycles. The molecule has 2 aliphatic rings. The standard InChI is InChI=1S/C19H20FN5O3/c1-11-21-6-13-8-24(10-17(13)23-11)18-4-3-14(5-16(18)20)25-9-15(28-19(25)27)7-22-12(2)26/h3-6,15H,7-10H2,1-2H3,(H,22,26)/t15-/m0/s1. The minimum atomic E-state index is -0.554. The van der Waals surface area contributed by atoms with Crippen LogP contribution in [0.3, 0.4) is 0 Å². The number of ether oxygens (including phenoxy) is 1. The van der Waals surface area contributed by atoms with Crippen LogP contribution in [0.4, 0.5) is 20.6 Å². The van der Waals surface area contributed by atoms with Gasteiger partial charge in [-0.25, -0.2) is 19.2 Å². The van der Waals surface area contributed by atoms with E-state index in [-0.39, 0.29) is 19.0 Å². The van der Waals surface area contributed by atoms with Gasteiger partial charge in [-0.3, -0.25) is 9.69 Å². The number of nitrogens with one attached hydrogen (secondary N) is 1. The highest BCUT2D eigenvalue weighted by Crippen LogP contribution is 2.32. The largest absolute Gasteiger partial charge is 0.442 e. The van der Waals surface area contributed by atoms with Crippen molar-refractivity contribution in [2.75, 3.05) is 22.9 Å². The maximum Gasteiger partial charge on any atom is 0.414 e. The summed E-state index contributed by atoms with van der Waals surface area (Å²) in [5, 5.41) is 2.62. The zero-order chi connectivity index (χ0) is 19.8. The molecule has 2 amide bonds. The molecule has 0 saturated carbocycles. The molecule has 2 aromatic rings. The number of fused-ring (bicyclic) bond motifs is 1. The minimum absolute atomic E-state index is 0.198. The molecule has 0 unspecified atom stereocenters. The molecule has 0 aliphatic carbocycles. The van der Waals surface area contributed by atoms with Gasteiger partial charge in [0, 0.05) is 25.2 Å². The number of halogens is 1. The normalized spacial score (nSPS) is 18.2. The van der Waals surface area contributed by atoms with Crippen LogP contribution >= 0.6 is 0 Å². The molecule has 3 heterocycles. The van der Waals surface area contributed by atoms with E-state index in [1.54, 1.807) is 18.3 Å².